The van der Waals surface area contributed by atoms with Gasteiger partial charge in [0.05, 0.1) is 17.9 Å². The van der Waals surface area contributed by atoms with E-state index in [0.717, 1.165) is 28.7 Å². The van der Waals surface area contributed by atoms with E-state index >= 15 is 4.79 Å². The van der Waals surface area contributed by atoms with Crippen LogP contribution in [0.25, 0.3) is 10.8 Å². The SMILES string of the molecule is CC[C@@H]1C[C@H](C)CC/C=C\[C@@H]2C[C@@]2(C(=O)NS(=O)(=O)C2(C)CC2)NC(=O)[C@@H]2C[C@@H](Oc3nc4c(c5ccccc35)CCCO4)CN2C(=O)[C@H]1N(C(=O)O)C(C)(C)C(F)(F)F. The van der Waals surface area contributed by atoms with Crippen molar-refractivity contribution >= 4 is 44.6 Å². The van der Waals surface area contributed by atoms with Gasteiger partial charge in [-0.3, -0.25) is 24.0 Å². The van der Waals surface area contributed by atoms with Crippen LogP contribution in [-0.2, 0) is 30.8 Å². The fraction of sp³-hybridized carbons (Fsp3) is 0.643. The zero-order valence-electron chi connectivity index (χ0n) is 34.5. The van der Waals surface area contributed by atoms with Gasteiger partial charge in [-0.05, 0) is 95.4 Å². The van der Waals surface area contributed by atoms with Gasteiger partial charge in [0.2, 0.25) is 33.6 Å². The highest BCUT2D eigenvalue weighted by Crippen LogP contribution is 2.48. The fourth-order valence-electron chi connectivity index (χ4n) is 9.07. The number of aromatic nitrogens is 1. The van der Waals surface area contributed by atoms with Crippen LogP contribution in [0.3, 0.4) is 0 Å². The predicted molar refractivity (Wildman–Crippen MR) is 213 cm³/mol. The summed E-state index contributed by atoms with van der Waals surface area (Å²) in [6.07, 6.45) is -1.07. The molecule has 4 amide bonds. The zero-order chi connectivity index (χ0) is 43.6. The molecule has 0 bridgehead atoms. The molecule has 7 atom stereocenters. The third-order valence-electron chi connectivity index (χ3n) is 13.4. The number of carbonyl (C=O) groups excluding carboxylic acids is 3. The van der Waals surface area contributed by atoms with Gasteiger partial charge < -0.3 is 24.8 Å². The molecule has 3 N–H and O–H groups in total. The third-order valence-corrected chi connectivity index (χ3v) is 15.5. The smallest absolute Gasteiger partial charge is 0.411 e. The number of halogens is 3. The average Bonchev–Trinajstić information content (AvgIpc) is 4.07. The Bertz CT molecular complexity index is 2200. The first-order chi connectivity index (χ1) is 28.1. The summed E-state index contributed by atoms with van der Waals surface area (Å²) in [6.45, 7) is 6.61. The second-order valence-electron chi connectivity index (χ2n) is 18.0. The lowest BCUT2D eigenvalue weighted by Gasteiger charge is -2.46. The Balaban J connectivity index is 1.31. The molecule has 18 heteroatoms. The minimum atomic E-state index is -5.09. The van der Waals surface area contributed by atoms with E-state index in [1.165, 1.54) is 6.92 Å². The Labute approximate surface area is 347 Å². The maximum Gasteiger partial charge on any atom is 0.411 e. The monoisotopic (exact) mass is 861 g/mol. The molecular formula is C42H54F3N5O9S. The number of hydrogen-bond donors (Lipinski definition) is 3. The summed E-state index contributed by atoms with van der Waals surface area (Å²) in [4.78, 5) is 63.0. The number of alkyl halides is 3. The lowest BCUT2D eigenvalue weighted by atomic mass is 9.82. The Morgan fingerprint density at radius 3 is 2.50 bits per heavy atom. The number of benzene rings is 1. The van der Waals surface area contributed by atoms with Gasteiger partial charge in [0.15, 0.2) is 0 Å². The standard InChI is InChI=1S/C42H54F3N5O9S/c1-6-25-20-24(2)12-7-8-13-26-22-41(26,37(53)48-60(56,57)40(5)17-18-40)47-33(51)31-21-27(23-49(31)36(52)32(25)50(38(54)55)39(3,4)42(43,44)45)59-35-30-15-10-9-14-28(30)29-16-11-19-58-34(29)46-35/h8-10,13-15,24-27,31-32H,6-7,11-12,16-23H2,1-5H3,(H,47,51)(H,48,53)(H,54,55)/b13-8-/t24-,25-,26-,27-,31+,32+,41-/m1/s1. The molecule has 0 spiro atoms. The number of allylic oxidation sites excluding steroid dienone is 1. The van der Waals surface area contributed by atoms with E-state index < -0.39 is 85.9 Å². The third kappa shape index (κ3) is 7.88. The number of sulfonamides is 1. The first-order valence-electron chi connectivity index (χ1n) is 20.8. The molecule has 1 aromatic carbocycles. The molecule has 1 saturated heterocycles. The number of carbonyl (C=O) groups is 4. The molecule has 0 unspecified atom stereocenters. The van der Waals surface area contributed by atoms with Crippen molar-refractivity contribution in [2.45, 2.75) is 139 Å². The average molecular weight is 862 g/mol. The first-order valence-corrected chi connectivity index (χ1v) is 22.3. The zero-order valence-corrected chi connectivity index (χ0v) is 35.3. The van der Waals surface area contributed by atoms with Crippen molar-refractivity contribution in [3.63, 3.8) is 0 Å². The first kappa shape index (κ1) is 43.5. The van der Waals surface area contributed by atoms with Crippen LogP contribution in [0.1, 0.15) is 98.0 Å². The molecule has 2 aromatic rings. The molecular weight excluding hydrogens is 808 g/mol. The number of carboxylic acid groups (broad SMARTS) is 1. The van der Waals surface area contributed by atoms with E-state index in [1.807, 2.05) is 31.2 Å². The Hall–Kier alpha value is -4.61. The predicted octanol–water partition coefficient (Wildman–Crippen LogP) is 5.87. The Kier molecular flexibility index (Phi) is 11.4. The minimum Gasteiger partial charge on any atom is -0.477 e. The summed E-state index contributed by atoms with van der Waals surface area (Å²) in [7, 11) is -4.12. The highest BCUT2D eigenvalue weighted by Gasteiger charge is 2.64. The minimum absolute atomic E-state index is 0.0571. The Morgan fingerprint density at radius 1 is 1.15 bits per heavy atom. The second-order valence-corrected chi connectivity index (χ2v) is 20.2. The van der Waals surface area contributed by atoms with Gasteiger partial charge in [0, 0.05) is 23.3 Å². The molecule has 3 aliphatic heterocycles. The van der Waals surface area contributed by atoms with E-state index in [2.05, 4.69) is 15.0 Å². The number of nitrogens with one attached hydrogen (secondary N) is 2. The molecule has 7 rings (SSSR count). The normalized spacial score (nSPS) is 30.0. The van der Waals surface area contributed by atoms with Crippen LogP contribution in [0.2, 0.25) is 0 Å². The van der Waals surface area contributed by atoms with Gasteiger partial charge in [-0.2, -0.15) is 18.2 Å². The quantitative estimate of drug-likeness (QED) is 0.271. The molecule has 60 heavy (non-hydrogen) atoms. The summed E-state index contributed by atoms with van der Waals surface area (Å²) >= 11 is 0. The molecule has 328 valence electrons. The number of fused-ring (bicyclic) bond motifs is 5. The van der Waals surface area contributed by atoms with Crippen LogP contribution in [0.15, 0.2) is 36.4 Å². The van der Waals surface area contributed by atoms with Crippen LogP contribution in [-0.4, -0.2) is 105 Å². The summed E-state index contributed by atoms with van der Waals surface area (Å²) in [5, 5.41) is 14.8. The lowest BCUT2D eigenvalue weighted by molar-refractivity contribution is -0.222. The van der Waals surface area contributed by atoms with Crippen LogP contribution >= 0.6 is 0 Å². The summed E-state index contributed by atoms with van der Waals surface area (Å²) in [5.74, 6) is -3.97. The highest BCUT2D eigenvalue weighted by molar-refractivity contribution is 7.91. The number of ether oxygens (including phenoxy) is 2. The van der Waals surface area contributed by atoms with E-state index in [1.54, 1.807) is 19.1 Å². The van der Waals surface area contributed by atoms with Gasteiger partial charge in [-0.1, -0.05) is 50.6 Å². The van der Waals surface area contributed by atoms with Crippen molar-refractivity contribution in [3.05, 3.63) is 42.0 Å². The molecule has 3 fully saturated rings. The molecule has 2 aliphatic carbocycles. The van der Waals surface area contributed by atoms with E-state index in [9.17, 15) is 41.1 Å². The van der Waals surface area contributed by atoms with Crippen molar-refractivity contribution in [1.29, 1.82) is 0 Å². The second kappa shape index (κ2) is 15.7. The number of aryl methyl sites for hydroxylation is 1. The van der Waals surface area contributed by atoms with Crippen molar-refractivity contribution in [3.8, 4) is 11.8 Å². The number of rotatable bonds is 8. The fourth-order valence-corrected chi connectivity index (χ4v) is 10.4. The molecule has 1 aromatic heterocycles. The van der Waals surface area contributed by atoms with Gasteiger partial charge in [-0.25, -0.2) is 13.2 Å². The van der Waals surface area contributed by atoms with Crippen molar-refractivity contribution in [2.24, 2.45) is 17.8 Å². The summed E-state index contributed by atoms with van der Waals surface area (Å²) in [6, 6.07) is 4.03. The van der Waals surface area contributed by atoms with Gasteiger partial charge in [0.25, 0.3) is 5.91 Å². The maximum atomic E-state index is 15.2. The lowest BCUT2D eigenvalue weighted by Crippen LogP contribution is -2.66. The highest BCUT2D eigenvalue weighted by atomic mass is 32.2. The molecule has 14 nitrogen and oxygen atoms in total. The molecule has 4 heterocycles. The topological polar surface area (TPSA) is 185 Å². The molecule has 0 radical (unpaired) electrons. The number of nitrogens with zero attached hydrogens (tertiary/aromatic N) is 3. The van der Waals surface area contributed by atoms with Crippen LogP contribution in [0.5, 0.6) is 11.8 Å². The van der Waals surface area contributed by atoms with Crippen LogP contribution < -0.4 is 19.5 Å². The number of hydrogen-bond acceptors (Lipinski definition) is 9. The van der Waals surface area contributed by atoms with E-state index in [-0.39, 0.29) is 48.9 Å². The Morgan fingerprint density at radius 2 is 1.85 bits per heavy atom. The van der Waals surface area contributed by atoms with Crippen LogP contribution in [0.4, 0.5) is 18.0 Å². The van der Waals surface area contributed by atoms with Crippen molar-refractivity contribution in [2.75, 3.05) is 13.2 Å². The van der Waals surface area contributed by atoms with Gasteiger partial charge in [-0.15, -0.1) is 0 Å². The van der Waals surface area contributed by atoms with Crippen molar-refractivity contribution in [1.82, 2.24) is 24.8 Å². The number of amides is 4. The molecule has 2 saturated carbocycles. The van der Waals surface area contributed by atoms with Gasteiger partial charge >= 0.3 is 12.3 Å². The van der Waals surface area contributed by atoms with Gasteiger partial charge in [0.1, 0.15) is 29.3 Å². The maximum absolute atomic E-state index is 15.2. The number of pyridine rings is 1. The van der Waals surface area contributed by atoms with E-state index in [0.29, 0.717) is 57.4 Å². The van der Waals surface area contributed by atoms with Crippen molar-refractivity contribution < 1.29 is 55.3 Å². The van der Waals surface area contributed by atoms with Crippen LogP contribution in [0, 0.1) is 17.8 Å². The summed E-state index contributed by atoms with van der Waals surface area (Å²) in [5.41, 5.74) is -3.85. The summed E-state index contributed by atoms with van der Waals surface area (Å²) < 4.78 is 84.5. The largest absolute Gasteiger partial charge is 0.477 e. The molecule has 5 aliphatic rings. The van der Waals surface area contributed by atoms with E-state index in [4.69, 9.17) is 9.47 Å².